The van der Waals surface area contributed by atoms with Crippen LogP contribution in [-0.4, -0.2) is 31.1 Å². The molecule has 0 aromatic carbocycles. The van der Waals surface area contributed by atoms with Gasteiger partial charge in [0.05, 0.1) is 18.5 Å². The van der Waals surface area contributed by atoms with E-state index >= 15 is 0 Å². The Kier molecular flexibility index (Phi) is 15.0. The van der Waals surface area contributed by atoms with Gasteiger partial charge in [-0.15, -0.1) is 0 Å². The third-order valence-corrected chi connectivity index (χ3v) is 7.34. The van der Waals surface area contributed by atoms with E-state index in [4.69, 9.17) is 9.90 Å². The van der Waals surface area contributed by atoms with Crippen LogP contribution in [0.1, 0.15) is 66.2 Å². The summed E-state index contributed by atoms with van der Waals surface area (Å²) in [5.41, 5.74) is 0. The standard InChI is InChI=1S/C13H30P.C2H4O2/c1-5-8-11-14(4,12-9-6-2)13-10-7-3;1-2(3)4/h5-13H2,1-4H3;1H3,(H,3,4)/q+1;/p-1. The number of carboxylic acid groups (broad SMARTS) is 1. The highest BCUT2D eigenvalue weighted by atomic mass is 31.2. The fraction of sp³-hybridized carbons (Fsp3) is 0.933. The fourth-order valence-corrected chi connectivity index (χ4v) is 5.86. The minimum Gasteiger partial charge on any atom is -0.550 e. The maximum Gasteiger partial charge on any atom is 0.0591 e. The molecule has 0 saturated carbocycles. The first-order valence-electron chi connectivity index (χ1n) is 7.43. The first-order valence-corrected chi connectivity index (χ1v) is 10.2. The number of rotatable bonds is 9. The summed E-state index contributed by atoms with van der Waals surface area (Å²) in [6.45, 7) is 10.6. The van der Waals surface area contributed by atoms with Crippen molar-refractivity contribution in [2.45, 2.75) is 66.2 Å². The molecule has 0 bridgehead atoms. The van der Waals surface area contributed by atoms with Crippen LogP contribution >= 0.6 is 7.26 Å². The average molecular weight is 276 g/mol. The molecule has 0 amide bonds. The number of hydrogen-bond acceptors (Lipinski definition) is 2. The molecule has 0 aliphatic rings. The summed E-state index contributed by atoms with van der Waals surface area (Å²) >= 11 is 0. The maximum atomic E-state index is 8.89. The molecule has 0 fully saturated rings. The smallest absolute Gasteiger partial charge is 0.0591 e. The highest BCUT2D eigenvalue weighted by Gasteiger charge is 2.28. The molecule has 110 valence electrons. The highest BCUT2D eigenvalue weighted by molar-refractivity contribution is 7.75. The SMILES string of the molecule is CC(=O)[O-].CCCC[P+](C)(CCCC)CCCC. The molecule has 0 heterocycles. The van der Waals surface area contributed by atoms with Crippen molar-refractivity contribution in [3.63, 3.8) is 0 Å². The second-order valence-corrected chi connectivity index (χ2v) is 9.92. The van der Waals surface area contributed by atoms with E-state index in [1.807, 2.05) is 0 Å². The van der Waals surface area contributed by atoms with Gasteiger partial charge in [0.25, 0.3) is 0 Å². The molecule has 0 aliphatic carbocycles. The summed E-state index contributed by atoms with van der Waals surface area (Å²) in [6.07, 6.45) is 13.2. The summed E-state index contributed by atoms with van der Waals surface area (Å²) in [6, 6.07) is 0. The largest absolute Gasteiger partial charge is 0.550 e. The van der Waals surface area contributed by atoms with Crippen molar-refractivity contribution in [2.75, 3.05) is 25.2 Å². The molecular formula is C15H33O2P. The van der Waals surface area contributed by atoms with Crippen molar-refractivity contribution in [3.05, 3.63) is 0 Å². The van der Waals surface area contributed by atoms with E-state index in [0.29, 0.717) is 0 Å². The third kappa shape index (κ3) is 15.9. The molecule has 0 atom stereocenters. The van der Waals surface area contributed by atoms with Gasteiger partial charge in [0, 0.05) is 19.9 Å². The van der Waals surface area contributed by atoms with Crippen LogP contribution in [0.4, 0.5) is 0 Å². The second-order valence-electron chi connectivity index (χ2n) is 5.34. The van der Waals surface area contributed by atoms with E-state index in [1.165, 1.54) is 38.5 Å². The lowest BCUT2D eigenvalue weighted by atomic mass is 10.4. The van der Waals surface area contributed by atoms with Crippen molar-refractivity contribution >= 4 is 13.2 Å². The molecule has 0 saturated heterocycles. The van der Waals surface area contributed by atoms with Crippen LogP contribution in [0.2, 0.25) is 0 Å². The van der Waals surface area contributed by atoms with Crippen LogP contribution in [-0.2, 0) is 4.79 Å². The van der Waals surface area contributed by atoms with Gasteiger partial charge in [-0.2, -0.15) is 0 Å². The monoisotopic (exact) mass is 276 g/mol. The van der Waals surface area contributed by atoms with Crippen LogP contribution in [0.25, 0.3) is 0 Å². The summed E-state index contributed by atoms with van der Waals surface area (Å²) in [4.78, 5) is 8.89. The second kappa shape index (κ2) is 13.3. The molecule has 3 heteroatoms. The number of unbranched alkanes of at least 4 members (excludes halogenated alkanes) is 3. The van der Waals surface area contributed by atoms with Crippen molar-refractivity contribution < 1.29 is 9.90 Å². The summed E-state index contributed by atoms with van der Waals surface area (Å²) in [5.74, 6) is -1.08. The van der Waals surface area contributed by atoms with Crippen LogP contribution < -0.4 is 5.11 Å². The molecule has 0 spiro atoms. The predicted octanol–water partition coefficient (Wildman–Crippen LogP) is 3.79. The Morgan fingerprint density at radius 3 is 1.28 bits per heavy atom. The molecule has 0 unspecified atom stereocenters. The number of carbonyl (C=O) groups is 1. The van der Waals surface area contributed by atoms with Crippen molar-refractivity contribution in [1.82, 2.24) is 0 Å². The Morgan fingerprint density at radius 2 is 1.11 bits per heavy atom. The molecule has 0 aromatic rings. The summed E-state index contributed by atoms with van der Waals surface area (Å²) in [7, 11) is -0.519. The normalized spacial score (nSPS) is 10.7. The van der Waals surface area contributed by atoms with Gasteiger partial charge < -0.3 is 9.90 Å². The highest BCUT2D eigenvalue weighted by Crippen LogP contribution is 2.57. The maximum absolute atomic E-state index is 8.89. The lowest BCUT2D eigenvalue weighted by Gasteiger charge is -2.22. The summed E-state index contributed by atoms with van der Waals surface area (Å²) in [5, 5.41) is 8.89. The van der Waals surface area contributed by atoms with Gasteiger partial charge in [-0.3, -0.25) is 0 Å². The van der Waals surface area contributed by atoms with Crippen molar-refractivity contribution in [2.24, 2.45) is 0 Å². The van der Waals surface area contributed by atoms with Gasteiger partial charge in [0.15, 0.2) is 0 Å². The zero-order valence-electron chi connectivity index (χ0n) is 13.1. The van der Waals surface area contributed by atoms with Crippen LogP contribution in [0.5, 0.6) is 0 Å². The lowest BCUT2D eigenvalue weighted by Crippen LogP contribution is -2.16. The topological polar surface area (TPSA) is 40.1 Å². The van der Waals surface area contributed by atoms with Gasteiger partial charge in [0.1, 0.15) is 0 Å². The number of carboxylic acids is 1. The van der Waals surface area contributed by atoms with E-state index in [2.05, 4.69) is 27.4 Å². The zero-order chi connectivity index (χ0) is 14.4. The average Bonchev–Trinajstić information content (AvgIpc) is 2.31. The van der Waals surface area contributed by atoms with E-state index < -0.39 is 13.2 Å². The summed E-state index contributed by atoms with van der Waals surface area (Å²) < 4.78 is 0. The Bertz CT molecular complexity index is 167. The Morgan fingerprint density at radius 1 is 0.889 bits per heavy atom. The zero-order valence-corrected chi connectivity index (χ0v) is 14.0. The van der Waals surface area contributed by atoms with Crippen molar-refractivity contribution in [1.29, 1.82) is 0 Å². The van der Waals surface area contributed by atoms with E-state index in [1.54, 1.807) is 18.5 Å². The van der Waals surface area contributed by atoms with E-state index in [-0.39, 0.29) is 0 Å². The third-order valence-electron chi connectivity index (χ3n) is 3.15. The molecule has 0 rings (SSSR count). The van der Waals surface area contributed by atoms with Crippen molar-refractivity contribution in [3.8, 4) is 0 Å². The van der Waals surface area contributed by atoms with Crippen LogP contribution in [0.15, 0.2) is 0 Å². The first kappa shape index (κ1) is 20.2. The van der Waals surface area contributed by atoms with Crippen LogP contribution in [0, 0.1) is 0 Å². The molecule has 2 nitrogen and oxygen atoms in total. The molecule has 0 aromatic heterocycles. The van der Waals surface area contributed by atoms with Crippen LogP contribution in [0.3, 0.4) is 0 Å². The number of carbonyl (C=O) groups excluding carboxylic acids is 1. The molecule has 0 aliphatic heterocycles. The van der Waals surface area contributed by atoms with E-state index in [9.17, 15) is 0 Å². The molecular weight excluding hydrogens is 243 g/mol. The number of aliphatic carboxylic acids is 1. The molecule has 0 radical (unpaired) electrons. The van der Waals surface area contributed by atoms with Gasteiger partial charge in [0.2, 0.25) is 0 Å². The Hall–Kier alpha value is -0.100. The minimum absolute atomic E-state index is 0.519. The van der Waals surface area contributed by atoms with Gasteiger partial charge in [-0.25, -0.2) is 0 Å². The molecule has 0 N–H and O–H groups in total. The fourth-order valence-electron chi connectivity index (χ4n) is 1.95. The molecule has 18 heavy (non-hydrogen) atoms. The first-order chi connectivity index (χ1) is 8.41. The lowest BCUT2D eigenvalue weighted by molar-refractivity contribution is -0.302. The van der Waals surface area contributed by atoms with Gasteiger partial charge >= 0.3 is 0 Å². The Labute approximate surface area is 115 Å². The minimum atomic E-state index is -1.08. The predicted molar refractivity (Wildman–Crippen MR) is 82.9 cm³/mol. The Balaban J connectivity index is 0. The van der Waals surface area contributed by atoms with E-state index in [0.717, 1.165) is 6.92 Å². The number of hydrogen-bond donors (Lipinski definition) is 0. The quantitative estimate of drug-likeness (QED) is 0.601. The van der Waals surface area contributed by atoms with Gasteiger partial charge in [-0.05, 0) is 26.2 Å². The van der Waals surface area contributed by atoms with Gasteiger partial charge in [-0.1, -0.05) is 40.0 Å².